The van der Waals surface area contributed by atoms with Gasteiger partial charge in [0, 0.05) is 19.5 Å². The van der Waals surface area contributed by atoms with E-state index >= 15 is 0 Å². The molecule has 1 aliphatic rings. The molecule has 108 valence electrons. The molecule has 0 aromatic rings. The summed E-state index contributed by atoms with van der Waals surface area (Å²) < 4.78 is 36.2. The summed E-state index contributed by atoms with van der Waals surface area (Å²) in [5, 5.41) is 0. The van der Waals surface area contributed by atoms with Crippen molar-refractivity contribution in [3.63, 3.8) is 0 Å². The molecule has 2 N–H and O–H groups in total. The molecule has 0 aromatic carbocycles. The number of halogens is 3. The Balaban J connectivity index is 2.17. The van der Waals surface area contributed by atoms with E-state index in [1.165, 1.54) is 0 Å². The topological polar surface area (TPSA) is 32.5 Å². The largest absolute Gasteiger partial charge is 0.389 e. The van der Waals surface area contributed by atoms with E-state index in [0.717, 1.165) is 45.6 Å². The van der Waals surface area contributed by atoms with Gasteiger partial charge in [0.2, 0.25) is 0 Å². The Morgan fingerprint density at radius 2 is 1.44 bits per heavy atom. The maximum absolute atomic E-state index is 12.1. The zero-order valence-electron chi connectivity index (χ0n) is 10.9. The van der Waals surface area contributed by atoms with Crippen LogP contribution in [0.5, 0.6) is 0 Å². The molecule has 0 unspecified atom stereocenters. The van der Waals surface area contributed by atoms with E-state index in [0.29, 0.717) is 13.1 Å². The summed E-state index contributed by atoms with van der Waals surface area (Å²) in [6.07, 6.45) is -2.43. The third-order valence-electron chi connectivity index (χ3n) is 3.29. The van der Waals surface area contributed by atoms with Crippen molar-refractivity contribution in [2.24, 2.45) is 5.73 Å². The molecule has 0 amide bonds. The van der Waals surface area contributed by atoms with Gasteiger partial charge in [-0.1, -0.05) is 0 Å². The van der Waals surface area contributed by atoms with Crippen molar-refractivity contribution in [1.29, 1.82) is 0 Å². The highest BCUT2D eigenvalue weighted by Crippen LogP contribution is 2.21. The highest BCUT2D eigenvalue weighted by Gasteiger charge is 2.26. The van der Waals surface area contributed by atoms with Crippen LogP contribution in [0.1, 0.15) is 25.7 Å². The van der Waals surface area contributed by atoms with E-state index in [1.807, 2.05) is 0 Å². The summed E-state index contributed by atoms with van der Waals surface area (Å²) in [6, 6.07) is 0. The predicted molar refractivity (Wildman–Crippen MR) is 66.5 cm³/mol. The lowest BCUT2D eigenvalue weighted by atomic mass is 10.2. The van der Waals surface area contributed by atoms with E-state index in [-0.39, 0.29) is 6.42 Å². The third kappa shape index (κ3) is 7.18. The third-order valence-corrected chi connectivity index (χ3v) is 3.29. The van der Waals surface area contributed by atoms with Gasteiger partial charge in [-0.05, 0) is 52.0 Å². The second-order valence-electron chi connectivity index (χ2n) is 4.90. The molecule has 0 atom stereocenters. The van der Waals surface area contributed by atoms with Crippen LogP contribution < -0.4 is 5.73 Å². The van der Waals surface area contributed by atoms with Crippen LogP contribution in [-0.4, -0.2) is 61.8 Å². The van der Waals surface area contributed by atoms with Crippen LogP contribution in [0.15, 0.2) is 0 Å². The normalized spacial score (nSPS) is 20.0. The maximum atomic E-state index is 12.1. The van der Waals surface area contributed by atoms with Gasteiger partial charge in [0.15, 0.2) is 0 Å². The van der Waals surface area contributed by atoms with Crippen molar-refractivity contribution >= 4 is 0 Å². The highest BCUT2D eigenvalue weighted by molar-refractivity contribution is 4.70. The first-order valence-electron chi connectivity index (χ1n) is 6.73. The Hall–Kier alpha value is -0.330. The van der Waals surface area contributed by atoms with E-state index in [1.54, 1.807) is 0 Å². The molecule has 1 fully saturated rings. The van der Waals surface area contributed by atoms with Crippen molar-refractivity contribution in [2.75, 3.05) is 45.8 Å². The monoisotopic (exact) mass is 267 g/mol. The van der Waals surface area contributed by atoms with Crippen molar-refractivity contribution in [1.82, 2.24) is 9.80 Å². The van der Waals surface area contributed by atoms with Crippen molar-refractivity contribution in [2.45, 2.75) is 31.9 Å². The summed E-state index contributed by atoms with van der Waals surface area (Å²) in [5.41, 5.74) is 5.47. The van der Waals surface area contributed by atoms with Crippen molar-refractivity contribution in [3.05, 3.63) is 0 Å². The molecule has 6 heteroatoms. The maximum Gasteiger partial charge on any atom is 0.389 e. The Labute approximate surface area is 107 Å². The second kappa shape index (κ2) is 7.96. The number of hydrogen-bond donors (Lipinski definition) is 1. The Morgan fingerprint density at radius 1 is 0.889 bits per heavy atom. The molecular weight excluding hydrogens is 243 g/mol. The smallest absolute Gasteiger partial charge is 0.330 e. The molecule has 0 saturated carbocycles. The first kappa shape index (κ1) is 15.7. The summed E-state index contributed by atoms with van der Waals surface area (Å²) in [6.45, 7) is 6.05. The molecule has 1 aliphatic heterocycles. The fourth-order valence-corrected chi connectivity index (χ4v) is 2.29. The minimum Gasteiger partial charge on any atom is -0.330 e. The fourth-order valence-electron chi connectivity index (χ4n) is 2.29. The minimum absolute atomic E-state index is 0.215. The number of rotatable bonds is 6. The van der Waals surface area contributed by atoms with Gasteiger partial charge in [-0.25, -0.2) is 0 Å². The molecule has 1 heterocycles. The average molecular weight is 267 g/mol. The van der Waals surface area contributed by atoms with E-state index in [4.69, 9.17) is 5.73 Å². The Bertz CT molecular complexity index is 221. The zero-order chi connectivity index (χ0) is 13.4. The fraction of sp³-hybridized carbons (Fsp3) is 1.00. The second-order valence-corrected chi connectivity index (χ2v) is 4.90. The standard InChI is InChI=1S/C12H24F3N3/c13-12(14,15)4-1-6-17-8-3-9-18(11-10-17)7-2-5-16/h1-11,16H2. The van der Waals surface area contributed by atoms with Gasteiger partial charge in [0.05, 0.1) is 0 Å². The van der Waals surface area contributed by atoms with Gasteiger partial charge in [-0.3, -0.25) is 0 Å². The van der Waals surface area contributed by atoms with E-state index in [9.17, 15) is 13.2 Å². The van der Waals surface area contributed by atoms with Gasteiger partial charge >= 0.3 is 6.18 Å². The molecule has 18 heavy (non-hydrogen) atoms. The van der Waals surface area contributed by atoms with Crippen molar-refractivity contribution < 1.29 is 13.2 Å². The van der Waals surface area contributed by atoms with Crippen molar-refractivity contribution in [3.8, 4) is 0 Å². The van der Waals surface area contributed by atoms with Crippen LogP contribution >= 0.6 is 0 Å². The SMILES string of the molecule is NCCCN1CCCN(CCCC(F)(F)F)CC1. The van der Waals surface area contributed by atoms with Crippen LogP contribution in [0.2, 0.25) is 0 Å². The number of nitrogens with two attached hydrogens (primary N) is 1. The van der Waals surface area contributed by atoms with Gasteiger partial charge in [-0.2, -0.15) is 13.2 Å². The number of alkyl halides is 3. The molecule has 1 saturated heterocycles. The van der Waals surface area contributed by atoms with Crippen LogP contribution in [0.25, 0.3) is 0 Å². The summed E-state index contributed by atoms with van der Waals surface area (Å²) in [7, 11) is 0. The highest BCUT2D eigenvalue weighted by atomic mass is 19.4. The van der Waals surface area contributed by atoms with Gasteiger partial charge in [-0.15, -0.1) is 0 Å². The summed E-state index contributed by atoms with van der Waals surface area (Å²) in [4.78, 5) is 4.50. The number of nitrogens with zero attached hydrogens (tertiary/aromatic N) is 2. The molecular formula is C12H24F3N3. The quantitative estimate of drug-likeness (QED) is 0.795. The van der Waals surface area contributed by atoms with Crippen LogP contribution in [0.3, 0.4) is 0 Å². The lowest BCUT2D eigenvalue weighted by Gasteiger charge is -2.21. The molecule has 0 spiro atoms. The van der Waals surface area contributed by atoms with Crippen LogP contribution in [0.4, 0.5) is 13.2 Å². The molecule has 0 aliphatic carbocycles. The minimum atomic E-state index is -4.01. The zero-order valence-corrected chi connectivity index (χ0v) is 10.9. The first-order chi connectivity index (χ1) is 8.51. The summed E-state index contributed by atoms with van der Waals surface area (Å²) >= 11 is 0. The molecule has 3 nitrogen and oxygen atoms in total. The van der Waals surface area contributed by atoms with Gasteiger partial charge < -0.3 is 15.5 Å². The lowest BCUT2D eigenvalue weighted by Crippen LogP contribution is -2.32. The first-order valence-corrected chi connectivity index (χ1v) is 6.73. The summed E-state index contributed by atoms with van der Waals surface area (Å²) in [5.74, 6) is 0. The van der Waals surface area contributed by atoms with E-state index < -0.39 is 12.6 Å². The molecule has 0 bridgehead atoms. The molecule has 1 rings (SSSR count). The average Bonchev–Trinajstić information content (AvgIpc) is 2.50. The molecule has 0 radical (unpaired) electrons. The predicted octanol–water partition coefficient (Wildman–Crippen LogP) is 1.69. The van der Waals surface area contributed by atoms with E-state index in [2.05, 4.69) is 9.80 Å². The van der Waals surface area contributed by atoms with Gasteiger partial charge in [0.25, 0.3) is 0 Å². The number of hydrogen-bond acceptors (Lipinski definition) is 3. The van der Waals surface area contributed by atoms with Crippen LogP contribution in [-0.2, 0) is 0 Å². The lowest BCUT2D eigenvalue weighted by molar-refractivity contribution is -0.136. The Morgan fingerprint density at radius 3 is 1.94 bits per heavy atom. The Kier molecular flexibility index (Phi) is 6.96. The molecule has 0 aromatic heterocycles. The van der Waals surface area contributed by atoms with Gasteiger partial charge in [0.1, 0.15) is 0 Å². The van der Waals surface area contributed by atoms with Crippen LogP contribution in [0, 0.1) is 0 Å².